The van der Waals surface area contributed by atoms with Crippen LogP contribution in [0, 0.1) is 5.92 Å². The van der Waals surface area contributed by atoms with Crippen LogP contribution in [0.4, 0.5) is 14.5 Å². The molecule has 0 bridgehead atoms. The van der Waals surface area contributed by atoms with E-state index in [1.807, 2.05) is 0 Å². The lowest BCUT2D eigenvalue weighted by molar-refractivity contribution is -0.135. The van der Waals surface area contributed by atoms with E-state index in [1.54, 1.807) is 12.3 Å². The van der Waals surface area contributed by atoms with E-state index in [4.69, 9.17) is 11.6 Å². The molecule has 1 aliphatic rings. The van der Waals surface area contributed by atoms with E-state index in [9.17, 15) is 28.0 Å². The van der Waals surface area contributed by atoms with Crippen molar-refractivity contribution in [1.82, 2.24) is 29.7 Å². The average Bonchev–Trinajstić information content (AvgIpc) is 3.59. The molecule has 40 heavy (non-hydrogen) atoms. The molecule has 1 aliphatic carbocycles. The second-order valence-corrected chi connectivity index (χ2v) is 9.20. The topological polar surface area (TPSA) is 150 Å². The van der Waals surface area contributed by atoms with Crippen LogP contribution in [0.3, 0.4) is 0 Å². The summed E-state index contributed by atoms with van der Waals surface area (Å²) in [6.07, 6.45) is 5.57. The summed E-state index contributed by atoms with van der Waals surface area (Å²) in [5, 5.41) is 14.4. The SMILES string of the molecule is O=C1CC(=O)C(CNCCn2cc(NC(=O)c3cnn4cccnc34)c(-c3cc(Cl)ccc3OC(F)F)n2)C1=O. The maximum Gasteiger partial charge on any atom is 0.387 e. The van der Waals surface area contributed by atoms with Gasteiger partial charge in [-0.1, -0.05) is 11.6 Å². The zero-order chi connectivity index (χ0) is 28.4. The number of carbonyl (C=O) groups excluding carboxylic acids is 4. The summed E-state index contributed by atoms with van der Waals surface area (Å²) in [6, 6.07) is 5.67. The number of nitrogens with one attached hydrogen (secondary N) is 2. The summed E-state index contributed by atoms with van der Waals surface area (Å²) in [7, 11) is 0. The summed E-state index contributed by atoms with van der Waals surface area (Å²) in [4.78, 5) is 52.5. The van der Waals surface area contributed by atoms with E-state index in [0.29, 0.717) is 5.65 Å². The highest BCUT2D eigenvalue weighted by Gasteiger charge is 2.39. The number of ketones is 3. The Hall–Kier alpha value is -4.56. The first-order valence-electron chi connectivity index (χ1n) is 11.9. The highest BCUT2D eigenvalue weighted by molar-refractivity contribution is 6.49. The summed E-state index contributed by atoms with van der Waals surface area (Å²) in [5.41, 5.74) is 0.832. The third-order valence-electron chi connectivity index (χ3n) is 6.13. The van der Waals surface area contributed by atoms with Gasteiger partial charge in [-0.2, -0.15) is 19.0 Å². The first kappa shape index (κ1) is 27.0. The Kier molecular flexibility index (Phi) is 7.62. The Balaban J connectivity index is 1.41. The van der Waals surface area contributed by atoms with Crippen molar-refractivity contribution >= 4 is 46.2 Å². The van der Waals surface area contributed by atoms with Gasteiger partial charge in [0.25, 0.3) is 5.91 Å². The van der Waals surface area contributed by atoms with Gasteiger partial charge in [0.15, 0.2) is 11.4 Å². The zero-order valence-electron chi connectivity index (χ0n) is 20.5. The molecule has 3 heterocycles. The maximum absolute atomic E-state index is 13.2. The van der Waals surface area contributed by atoms with Crippen LogP contribution in [0.15, 0.2) is 49.1 Å². The minimum atomic E-state index is -3.12. The van der Waals surface area contributed by atoms with Crippen molar-refractivity contribution in [2.24, 2.45) is 5.92 Å². The van der Waals surface area contributed by atoms with Crippen LogP contribution in [0.5, 0.6) is 5.75 Å². The maximum atomic E-state index is 13.2. The van der Waals surface area contributed by atoms with Crippen LogP contribution in [-0.4, -0.2) is 67.3 Å². The van der Waals surface area contributed by atoms with Crippen LogP contribution >= 0.6 is 11.6 Å². The zero-order valence-corrected chi connectivity index (χ0v) is 21.3. The quantitative estimate of drug-likeness (QED) is 0.166. The number of alkyl halides is 2. The molecule has 206 valence electrons. The molecule has 0 aliphatic heterocycles. The van der Waals surface area contributed by atoms with Crippen molar-refractivity contribution in [3.8, 4) is 17.0 Å². The highest BCUT2D eigenvalue weighted by Crippen LogP contribution is 2.37. The fourth-order valence-corrected chi connectivity index (χ4v) is 4.42. The number of hydrogen-bond acceptors (Lipinski definition) is 9. The molecule has 2 N–H and O–H groups in total. The van der Waals surface area contributed by atoms with E-state index in [0.717, 1.165) is 0 Å². The smallest absolute Gasteiger partial charge is 0.387 e. The van der Waals surface area contributed by atoms with E-state index >= 15 is 0 Å². The number of anilines is 1. The molecule has 1 fully saturated rings. The van der Waals surface area contributed by atoms with Gasteiger partial charge in [0, 0.05) is 42.3 Å². The number of hydrogen-bond donors (Lipinski definition) is 2. The van der Waals surface area contributed by atoms with Gasteiger partial charge in [0.2, 0.25) is 11.6 Å². The van der Waals surface area contributed by atoms with Crippen LogP contribution in [0.2, 0.25) is 5.02 Å². The van der Waals surface area contributed by atoms with Crippen molar-refractivity contribution in [2.45, 2.75) is 19.6 Å². The molecule has 15 heteroatoms. The number of Topliss-reactive ketones (excluding diaryl/α,β-unsaturated/α-hetero) is 3. The molecule has 1 amide bonds. The van der Waals surface area contributed by atoms with E-state index in [1.165, 1.54) is 46.0 Å². The molecule has 1 aromatic carbocycles. The van der Waals surface area contributed by atoms with Crippen LogP contribution in [0.25, 0.3) is 16.9 Å². The third kappa shape index (κ3) is 5.58. The number of fused-ring (bicyclic) bond motifs is 1. The number of halogens is 3. The summed E-state index contributed by atoms with van der Waals surface area (Å²) in [6.45, 7) is -2.71. The second kappa shape index (κ2) is 11.3. The number of aromatic nitrogens is 5. The molecule has 5 rings (SSSR count). The second-order valence-electron chi connectivity index (χ2n) is 8.76. The van der Waals surface area contributed by atoms with Crippen molar-refractivity contribution in [1.29, 1.82) is 0 Å². The van der Waals surface area contributed by atoms with Gasteiger partial charge in [-0.05, 0) is 24.3 Å². The monoisotopic (exact) mass is 571 g/mol. The Bertz CT molecular complexity index is 1640. The lowest BCUT2D eigenvalue weighted by atomic mass is 10.1. The Labute approximate surface area is 229 Å². The minimum Gasteiger partial charge on any atom is -0.434 e. The molecule has 3 aromatic heterocycles. The molecule has 1 unspecified atom stereocenters. The lowest BCUT2D eigenvalue weighted by Gasteiger charge is -2.11. The number of carbonyl (C=O) groups is 4. The normalized spacial score (nSPS) is 15.4. The summed E-state index contributed by atoms with van der Waals surface area (Å²) in [5.74, 6) is -3.64. The molecule has 0 saturated heterocycles. The predicted octanol–water partition coefficient (Wildman–Crippen LogP) is 2.42. The Morgan fingerprint density at radius 2 is 2.08 bits per heavy atom. The number of ether oxygens (including phenoxy) is 1. The number of amides is 1. The van der Waals surface area contributed by atoms with Gasteiger partial charge >= 0.3 is 6.61 Å². The average molecular weight is 572 g/mol. The van der Waals surface area contributed by atoms with Crippen LogP contribution < -0.4 is 15.4 Å². The largest absolute Gasteiger partial charge is 0.434 e. The summed E-state index contributed by atoms with van der Waals surface area (Å²) >= 11 is 6.14. The molecule has 1 atom stereocenters. The summed E-state index contributed by atoms with van der Waals surface area (Å²) < 4.78 is 33.8. The van der Waals surface area contributed by atoms with Crippen molar-refractivity contribution in [3.05, 3.63) is 59.6 Å². The van der Waals surface area contributed by atoms with Gasteiger partial charge in [-0.25, -0.2) is 9.50 Å². The standard InChI is InChI=1S/C25H20ClF2N7O5/c26-13-2-3-20(40-25(27)28)14(8-13)21-17(32-24(39)16-11-31-35-6-1-4-30-23(16)35)12-34(33-21)7-5-29-10-15-18(36)9-19(37)22(15)38/h1-4,6,8,11-12,15,25,29H,5,7,9-10H2,(H,32,39). The molecule has 12 nitrogen and oxygen atoms in total. The van der Waals surface area contributed by atoms with Crippen molar-refractivity contribution < 1.29 is 32.7 Å². The molecule has 0 radical (unpaired) electrons. The molecule has 0 spiro atoms. The molecule has 1 saturated carbocycles. The predicted molar refractivity (Wildman–Crippen MR) is 136 cm³/mol. The third-order valence-corrected chi connectivity index (χ3v) is 6.36. The van der Waals surface area contributed by atoms with E-state index in [-0.39, 0.29) is 59.3 Å². The fourth-order valence-electron chi connectivity index (χ4n) is 4.24. The highest BCUT2D eigenvalue weighted by atomic mass is 35.5. The Morgan fingerprint density at radius 1 is 1.25 bits per heavy atom. The number of nitrogens with zero attached hydrogens (tertiary/aromatic N) is 5. The first-order chi connectivity index (χ1) is 19.2. The number of benzene rings is 1. The van der Waals surface area contributed by atoms with Gasteiger partial charge in [-0.15, -0.1) is 0 Å². The Morgan fingerprint density at radius 3 is 2.83 bits per heavy atom. The molecular formula is C25H20ClF2N7O5. The van der Waals surface area contributed by atoms with Gasteiger partial charge in [0.05, 0.1) is 30.8 Å². The molecular weight excluding hydrogens is 552 g/mol. The molecule has 4 aromatic rings. The van der Waals surface area contributed by atoms with Crippen LogP contribution in [0.1, 0.15) is 16.8 Å². The first-order valence-corrected chi connectivity index (χ1v) is 12.3. The van der Waals surface area contributed by atoms with Crippen molar-refractivity contribution in [2.75, 3.05) is 18.4 Å². The number of rotatable bonds is 10. The van der Waals surface area contributed by atoms with E-state index < -0.39 is 35.8 Å². The van der Waals surface area contributed by atoms with Gasteiger partial charge in [0.1, 0.15) is 17.0 Å². The lowest BCUT2D eigenvalue weighted by Crippen LogP contribution is -2.32. The minimum absolute atomic E-state index is 0.0104. The van der Waals surface area contributed by atoms with E-state index in [2.05, 4.69) is 30.6 Å². The van der Waals surface area contributed by atoms with Crippen LogP contribution in [-0.2, 0) is 20.9 Å². The van der Waals surface area contributed by atoms with Crippen molar-refractivity contribution in [3.63, 3.8) is 0 Å². The fraction of sp³-hybridized carbons (Fsp3) is 0.240. The van der Waals surface area contributed by atoms with Gasteiger partial charge in [-0.3, -0.25) is 23.9 Å². The van der Waals surface area contributed by atoms with Gasteiger partial charge < -0.3 is 15.4 Å².